The van der Waals surface area contributed by atoms with E-state index in [-0.39, 0.29) is 0 Å². The fourth-order valence-electron chi connectivity index (χ4n) is 2.38. The summed E-state index contributed by atoms with van der Waals surface area (Å²) in [6, 6.07) is 0. The third-order valence-corrected chi connectivity index (χ3v) is 3.66. The SMILES string of the molecule is C=CCCCCCCCC(C)CCCCCC. The smallest absolute Gasteiger partial charge is 0.0353 e. The fraction of sp³-hybridized carbons (Fsp3) is 0.882. The van der Waals surface area contributed by atoms with Crippen molar-refractivity contribution in [2.24, 2.45) is 5.92 Å². The summed E-state index contributed by atoms with van der Waals surface area (Å²) in [6.07, 6.45) is 18.9. The lowest BCUT2D eigenvalue weighted by molar-refractivity contribution is 0.434. The zero-order chi connectivity index (χ0) is 12.8. The maximum atomic E-state index is 3.76. The summed E-state index contributed by atoms with van der Waals surface area (Å²) in [7, 11) is 0. The highest BCUT2D eigenvalue weighted by molar-refractivity contribution is 4.65. The third kappa shape index (κ3) is 13.7. The number of rotatable bonds is 13. The summed E-state index contributed by atoms with van der Waals surface area (Å²) < 4.78 is 0. The molecule has 0 rings (SSSR count). The quantitative estimate of drug-likeness (QED) is 0.253. The Labute approximate surface area is 110 Å². The fourth-order valence-corrected chi connectivity index (χ4v) is 2.38. The van der Waals surface area contributed by atoms with Crippen molar-refractivity contribution in [3.63, 3.8) is 0 Å². The monoisotopic (exact) mass is 238 g/mol. The van der Waals surface area contributed by atoms with Crippen molar-refractivity contribution in [3.05, 3.63) is 12.7 Å². The van der Waals surface area contributed by atoms with Gasteiger partial charge in [-0.15, -0.1) is 6.58 Å². The minimum Gasteiger partial charge on any atom is -0.103 e. The highest BCUT2D eigenvalue weighted by Gasteiger charge is 2.01. The number of hydrogen-bond acceptors (Lipinski definition) is 0. The summed E-state index contributed by atoms with van der Waals surface area (Å²) in [5.41, 5.74) is 0. The van der Waals surface area contributed by atoms with Crippen LogP contribution in [0, 0.1) is 5.92 Å². The average molecular weight is 238 g/mol. The molecule has 0 saturated heterocycles. The molecule has 0 aromatic heterocycles. The number of unbranched alkanes of at least 4 members (excludes halogenated alkanes) is 8. The van der Waals surface area contributed by atoms with E-state index in [9.17, 15) is 0 Å². The van der Waals surface area contributed by atoms with Crippen molar-refractivity contribution < 1.29 is 0 Å². The molecule has 17 heavy (non-hydrogen) atoms. The highest BCUT2D eigenvalue weighted by Crippen LogP contribution is 2.17. The number of allylic oxidation sites excluding steroid dienone is 1. The van der Waals surface area contributed by atoms with Gasteiger partial charge in [0.25, 0.3) is 0 Å². The molecule has 0 amide bonds. The van der Waals surface area contributed by atoms with Crippen molar-refractivity contribution in [2.75, 3.05) is 0 Å². The molecule has 0 aliphatic carbocycles. The molecular weight excluding hydrogens is 204 g/mol. The Bertz CT molecular complexity index is 148. The van der Waals surface area contributed by atoms with Gasteiger partial charge >= 0.3 is 0 Å². The van der Waals surface area contributed by atoms with Crippen molar-refractivity contribution in [3.8, 4) is 0 Å². The van der Waals surface area contributed by atoms with Gasteiger partial charge in [-0.1, -0.05) is 84.1 Å². The van der Waals surface area contributed by atoms with Crippen molar-refractivity contribution in [1.29, 1.82) is 0 Å². The highest BCUT2D eigenvalue weighted by atomic mass is 14.1. The Hall–Kier alpha value is -0.260. The Morgan fingerprint density at radius 2 is 1.35 bits per heavy atom. The molecule has 1 unspecified atom stereocenters. The largest absolute Gasteiger partial charge is 0.103 e. The first kappa shape index (κ1) is 16.7. The lowest BCUT2D eigenvalue weighted by Crippen LogP contribution is -1.95. The molecule has 0 aliphatic rings. The Morgan fingerprint density at radius 1 is 0.824 bits per heavy atom. The molecule has 0 aliphatic heterocycles. The molecular formula is C17H34. The van der Waals surface area contributed by atoms with Gasteiger partial charge in [0.1, 0.15) is 0 Å². The van der Waals surface area contributed by atoms with Gasteiger partial charge in [0, 0.05) is 0 Å². The van der Waals surface area contributed by atoms with Crippen LogP contribution in [-0.2, 0) is 0 Å². The zero-order valence-corrected chi connectivity index (χ0v) is 12.3. The first-order chi connectivity index (χ1) is 8.31. The van der Waals surface area contributed by atoms with E-state index in [2.05, 4.69) is 20.4 Å². The molecule has 0 fully saturated rings. The summed E-state index contributed by atoms with van der Waals surface area (Å²) in [4.78, 5) is 0. The van der Waals surface area contributed by atoms with E-state index in [4.69, 9.17) is 0 Å². The second kappa shape index (κ2) is 13.8. The van der Waals surface area contributed by atoms with E-state index in [1.54, 1.807) is 0 Å². The first-order valence-electron chi connectivity index (χ1n) is 7.92. The van der Waals surface area contributed by atoms with Crippen LogP contribution in [0.2, 0.25) is 0 Å². The van der Waals surface area contributed by atoms with Crippen LogP contribution in [0.5, 0.6) is 0 Å². The molecule has 0 N–H and O–H groups in total. The molecule has 0 nitrogen and oxygen atoms in total. The minimum absolute atomic E-state index is 0.958. The van der Waals surface area contributed by atoms with E-state index >= 15 is 0 Å². The molecule has 0 saturated carbocycles. The second-order valence-electron chi connectivity index (χ2n) is 5.59. The minimum atomic E-state index is 0.958. The molecule has 1 atom stereocenters. The molecule has 0 heterocycles. The number of hydrogen-bond donors (Lipinski definition) is 0. The lowest BCUT2D eigenvalue weighted by atomic mass is 9.96. The average Bonchev–Trinajstić information content (AvgIpc) is 2.33. The van der Waals surface area contributed by atoms with Crippen LogP contribution >= 0.6 is 0 Å². The van der Waals surface area contributed by atoms with Crippen LogP contribution in [0.3, 0.4) is 0 Å². The normalized spacial score (nSPS) is 12.6. The van der Waals surface area contributed by atoms with Crippen molar-refractivity contribution in [1.82, 2.24) is 0 Å². The van der Waals surface area contributed by atoms with Gasteiger partial charge < -0.3 is 0 Å². The summed E-state index contributed by atoms with van der Waals surface area (Å²) in [5.74, 6) is 0.958. The van der Waals surface area contributed by atoms with Gasteiger partial charge in [0.2, 0.25) is 0 Å². The standard InChI is InChI=1S/C17H34/c1-4-6-8-10-11-12-14-16-17(3)15-13-9-7-5-2/h4,17H,1,5-16H2,2-3H3. The second-order valence-corrected chi connectivity index (χ2v) is 5.59. The van der Waals surface area contributed by atoms with Crippen molar-refractivity contribution in [2.45, 2.75) is 90.9 Å². The van der Waals surface area contributed by atoms with Crippen LogP contribution in [0.1, 0.15) is 90.9 Å². The van der Waals surface area contributed by atoms with E-state index in [0.717, 1.165) is 5.92 Å². The van der Waals surface area contributed by atoms with E-state index in [1.807, 2.05) is 6.08 Å². The van der Waals surface area contributed by atoms with Gasteiger partial charge in [0.15, 0.2) is 0 Å². The third-order valence-electron chi connectivity index (χ3n) is 3.66. The molecule has 102 valence electrons. The maximum absolute atomic E-state index is 3.76. The van der Waals surface area contributed by atoms with Gasteiger partial charge in [-0.05, 0) is 18.8 Å². The van der Waals surface area contributed by atoms with Crippen LogP contribution in [0.25, 0.3) is 0 Å². The summed E-state index contributed by atoms with van der Waals surface area (Å²) in [6.45, 7) is 8.48. The van der Waals surface area contributed by atoms with Gasteiger partial charge in [-0.2, -0.15) is 0 Å². The van der Waals surface area contributed by atoms with Crippen LogP contribution < -0.4 is 0 Å². The summed E-state index contributed by atoms with van der Waals surface area (Å²) in [5, 5.41) is 0. The molecule has 0 radical (unpaired) electrons. The maximum Gasteiger partial charge on any atom is -0.0353 e. The predicted octanol–water partition coefficient (Wildman–Crippen LogP) is 6.51. The Kier molecular flexibility index (Phi) is 13.6. The first-order valence-corrected chi connectivity index (χ1v) is 7.92. The van der Waals surface area contributed by atoms with Gasteiger partial charge in [-0.25, -0.2) is 0 Å². The predicted molar refractivity (Wildman–Crippen MR) is 80.4 cm³/mol. The van der Waals surface area contributed by atoms with Crippen LogP contribution in [-0.4, -0.2) is 0 Å². The van der Waals surface area contributed by atoms with Crippen LogP contribution in [0.4, 0.5) is 0 Å². The molecule has 0 spiro atoms. The molecule has 0 bridgehead atoms. The molecule has 0 heteroatoms. The lowest BCUT2D eigenvalue weighted by Gasteiger charge is -2.10. The van der Waals surface area contributed by atoms with E-state index < -0.39 is 0 Å². The van der Waals surface area contributed by atoms with E-state index in [0.29, 0.717) is 0 Å². The van der Waals surface area contributed by atoms with Gasteiger partial charge in [0.05, 0.1) is 0 Å². The Balaban J connectivity index is 3.10. The van der Waals surface area contributed by atoms with E-state index in [1.165, 1.54) is 77.0 Å². The molecule has 0 aromatic carbocycles. The van der Waals surface area contributed by atoms with Crippen molar-refractivity contribution >= 4 is 0 Å². The summed E-state index contributed by atoms with van der Waals surface area (Å²) >= 11 is 0. The zero-order valence-electron chi connectivity index (χ0n) is 12.3. The Morgan fingerprint density at radius 3 is 1.94 bits per heavy atom. The van der Waals surface area contributed by atoms with Gasteiger partial charge in [-0.3, -0.25) is 0 Å². The topological polar surface area (TPSA) is 0 Å². The molecule has 0 aromatic rings. The van der Waals surface area contributed by atoms with Crippen LogP contribution in [0.15, 0.2) is 12.7 Å².